The number of aromatic carboxylic acids is 1. The summed E-state index contributed by atoms with van der Waals surface area (Å²) in [7, 11) is 3.83. The van der Waals surface area contributed by atoms with Crippen LogP contribution < -0.4 is 4.74 Å². The number of carboxylic acid groups (broad SMARTS) is 1. The first-order chi connectivity index (χ1) is 15.0. The van der Waals surface area contributed by atoms with Gasteiger partial charge in [0.2, 0.25) is 0 Å². The third-order valence-electron chi connectivity index (χ3n) is 5.78. The number of benzene rings is 1. The highest BCUT2D eigenvalue weighted by Gasteiger charge is 2.28. The molecule has 4 rings (SSSR count). The predicted molar refractivity (Wildman–Crippen MR) is 123 cm³/mol. The first-order valence-corrected chi connectivity index (χ1v) is 10.7. The van der Waals surface area contributed by atoms with Crippen LogP contribution >= 0.6 is 0 Å². The molecule has 31 heavy (non-hydrogen) atoms. The van der Waals surface area contributed by atoms with Crippen LogP contribution in [0.5, 0.6) is 5.75 Å². The van der Waals surface area contributed by atoms with Crippen molar-refractivity contribution in [3.63, 3.8) is 0 Å². The van der Waals surface area contributed by atoms with Crippen molar-refractivity contribution >= 4 is 16.9 Å². The molecule has 3 aromatic rings. The van der Waals surface area contributed by atoms with Crippen molar-refractivity contribution < 1.29 is 14.6 Å². The molecule has 1 aliphatic rings. The Morgan fingerprint density at radius 2 is 2.06 bits per heavy atom. The van der Waals surface area contributed by atoms with E-state index in [1.54, 1.807) is 19.4 Å². The number of aromatic nitrogens is 2. The Hall–Kier alpha value is -2.90. The smallest absolute Gasteiger partial charge is 0.354 e. The van der Waals surface area contributed by atoms with Crippen molar-refractivity contribution in [3.05, 3.63) is 59.0 Å². The summed E-state index contributed by atoms with van der Waals surface area (Å²) >= 11 is 0. The van der Waals surface area contributed by atoms with E-state index < -0.39 is 5.97 Å². The summed E-state index contributed by atoms with van der Waals surface area (Å²) in [5.74, 6) is -0.111. The van der Waals surface area contributed by atoms with Gasteiger partial charge < -0.3 is 19.7 Å². The quantitative estimate of drug-likeness (QED) is 0.642. The van der Waals surface area contributed by atoms with Gasteiger partial charge in [0.15, 0.2) is 0 Å². The minimum atomic E-state index is -1.01. The summed E-state index contributed by atoms with van der Waals surface area (Å²) < 4.78 is 5.72. The summed E-state index contributed by atoms with van der Waals surface area (Å²) in [6.45, 7) is 9.57. The number of carbonyl (C=O) groups is 1. The molecule has 166 valence electrons. The highest BCUT2D eigenvalue weighted by atomic mass is 16.5. The molecule has 0 saturated carbocycles. The SMILES string of the molecule is CC.COc1cc(C)c2[nH]ccc2c1CN1CCN(C)CC1c1ccc(C(=O)O)nc1. The summed E-state index contributed by atoms with van der Waals surface area (Å²) in [5.41, 5.74) is 4.56. The zero-order chi connectivity index (χ0) is 22.5. The molecule has 1 aliphatic heterocycles. The monoisotopic (exact) mass is 424 g/mol. The average molecular weight is 425 g/mol. The molecular formula is C24H32N4O3. The van der Waals surface area contributed by atoms with E-state index in [-0.39, 0.29) is 11.7 Å². The van der Waals surface area contributed by atoms with Crippen LogP contribution in [0.2, 0.25) is 0 Å². The topological polar surface area (TPSA) is 81.7 Å². The number of hydrogen-bond acceptors (Lipinski definition) is 5. The van der Waals surface area contributed by atoms with Crippen LogP contribution in [0.1, 0.15) is 47.1 Å². The lowest BCUT2D eigenvalue weighted by Gasteiger charge is -2.40. The summed E-state index contributed by atoms with van der Waals surface area (Å²) in [6, 6.07) is 7.79. The van der Waals surface area contributed by atoms with Gasteiger partial charge in [-0.15, -0.1) is 0 Å². The van der Waals surface area contributed by atoms with Gasteiger partial charge in [0.05, 0.1) is 7.11 Å². The fourth-order valence-corrected chi connectivity index (χ4v) is 4.18. The minimum absolute atomic E-state index is 0.0682. The number of carboxylic acids is 1. The number of aryl methyl sites for hydroxylation is 1. The van der Waals surface area contributed by atoms with Crippen molar-refractivity contribution in [2.75, 3.05) is 33.8 Å². The number of piperazine rings is 1. The maximum absolute atomic E-state index is 11.1. The van der Waals surface area contributed by atoms with Crippen LogP contribution in [0.15, 0.2) is 36.7 Å². The Labute approximate surface area is 183 Å². The molecule has 1 unspecified atom stereocenters. The largest absolute Gasteiger partial charge is 0.496 e. The summed E-state index contributed by atoms with van der Waals surface area (Å²) in [5, 5.41) is 10.3. The molecule has 1 saturated heterocycles. The lowest BCUT2D eigenvalue weighted by atomic mass is 10.00. The Morgan fingerprint density at radius 3 is 2.71 bits per heavy atom. The second-order valence-electron chi connectivity index (χ2n) is 7.67. The molecule has 0 bridgehead atoms. The maximum atomic E-state index is 11.1. The van der Waals surface area contributed by atoms with Crippen LogP contribution in [-0.2, 0) is 6.54 Å². The van der Waals surface area contributed by atoms with Gasteiger partial charge in [-0.25, -0.2) is 9.78 Å². The molecule has 0 radical (unpaired) electrons. The van der Waals surface area contributed by atoms with Gasteiger partial charge in [-0.05, 0) is 43.3 Å². The fraction of sp³-hybridized carbons (Fsp3) is 0.417. The molecule has 7 nitrogen and oxygen atoms in total. The van der Waals surface area contributed by atoms with Crippen molar-refractivity contribution in [2.24, 2.45) is 0 Å². The van der Waals surface area contributed by atoms with E-state index in [0.29, 0.717) is 0 Å². The molecule has 0 aliphatic carbocycles. The molecule has 0 amide bonds. The molecule has 2 N–H and O–H groups in total. The number of hydrogen-bond donors (Lipinski definition) is 2. The highest BCUT2D eigenvalue weighted by Crippen LogP contribution is 2.34. The molecule has 2 aromatic heterocycles. The van der Waals surface area contributed by atoms with Gasteiger partial charge in [-0.1, -0.05) is 19.9 Å². The number of ether oxygens (including phenoxy) is 1. The van der Waals surface area contributed by atoms with Gasteiger partial charge in [-0.2, -0.15) is 0 Å². The normalized spacial score (nSPS) is 17.3. The molecule has 3 heterocycles. The van der Waals surface area contributed by atoms with Crippen LogP contribution in [-0.4, -0.2) is 64.6 Å². The van der Waals surface area contributed by atoms with E-state index in [0.717, 1.165) is 48.6 Å². The lowest BCUT2D eigenvalue weighted by Crippen LogP contribution is -2.46. The number of rotatable bonds is 5. The summed E-state index contributed by atoms with van der Waals surface area (Å²) in [4.78, 5) is 23.3. The van der Waals surface area contributed by atoms with Crippen molar-refractivity contribution in [1.82, 2.24) is 19.8 Å². The Balaban J connectivity index is 0.00000132. The second kappa shape index (κ2) is 9.94. The number of H-pyrrole nitrogens is 1. The first kappa shape index (κ1) is 22.8. The number of nitrogens with zero attached hydrogens (tertiary/aromatic N) is 3. The molecule has 0 spiro atoms. The van der Waals surface area contributed by atoms with E-state index in [4.69, 9.17) is 9.84 Å². The van der Waals surface area contributed by atoms with Crippen LogP contribution in [0, 0.1) is 6.92 Å². The number of aromatic amines is 1. The Kier molecular flexibility index (Phi) is 7.30. The van der Waals surface area contributed by atoms with Gasteiger partial charge in [-0.3, -0.25) is 4.90 Å². The molecule has 1 aromatic carbocycles. The Morgan fingerprint density at radius 1 is 1.29 bits per heavy atom. The van der Waals surface area contributed by atoms with E-state index in [2.05, 4.69) is 45.9 Å². The minimum Gasteiger partial charge on any atom is -0.496 e. The van der Waals surface area contributed by atoms with Gasteiger partial charge in [0.25, 0.3) is 0 Å². The third-order valence-corrected chi connectivity index (χ3v) is 5.78. The van der Waals surface area contributed by atoms with Crippen molar-refractivity contribution in [1.29, 1.82) is 0 Å². The number of fused-ring (bicyclic) bond motifs is 1. The third kappa shape index (κ3) is 4.73. The molecule has 1 fully saturated rings. The van der Waals surface area contributed by atoms with E-state index in [1.165, 1.54) is 10.9 Å². The maximum Gasteiger partial charge on any atom is 0.354 e. The molecule has 1 atom stereocenters. The van der Waals surface area contributed by atoms with Crippen molar-refractivity contribution in [3.8, 4) is 5.75 Å². The van der Waals surface area contributed by atoms with Crippen LogP contribution in [0.3, 0.4) is 0 Å². The van der Waals surface area contributed by atoms with Gasteiger partial charge >= 0.3 is 5.97 Å². The van der Waals surface area contributed by atoms with Gasteiger partial charge in [0, 0.05) is 61.1 Å². The first-order valence-electron chi connectivity index (χ1n) is 10.7. The second-order valence-corrected chi connectivity index (χ2v) is 7.67. The Bertz CT molecular complexity index is 1030. The van der Waals surface area contributed by atoms with E-state index in [9.17, 15) is 4.79 Å². The van der Waals surface area contributed by atoms with Gasteiger partial charge in [0.1, 0.15) is 11.4 Å². The number of pyridine rings is 1. The number of nitrogens with one attached hydrogen (secondary N) is 1. The van der Waals surface area contributed by atoms with Crippen LogP contribution in [0.4, 0.5) is 0 Å². The highest BCUT2D eigenvalue weighted by molar-refractivity contribution is 5.88. The average Bonchev–Trinajstić information content (AvgIpc) is 3.28. The number of methoxy groups -OCH3 is 1. The zero-order valence-electron chi connectivity index (χ0n) is 19.0. The van der Waals surface area contributed by atoms with E-state index >= 15 is 0 Å². The lowest BCUT2D eigenvalue weighted by molar-refractivity contribution is 0.0689. The molecule has 7 heteroatoms. The van der Waals surface area contributed by atoms with Crippen molar-refractivity contribution in [2.45, 2.75) is 33.4 Å². The van der Waals surface area contributed by atoms with E-state index in [1.807, 2.05) is 26.1 Å². The standard InChI is InChI=1S/C22H26N4O3.C2H6/c1-14-10-20(29-3)17(16-6-7-23-21(14)16)12-26-9-8-25(2)13-19(26)15-4-5-18(22(27)28)24-11-15;1-2/h4-7,10-11,19,23H,8-9,12-13H2,1-3H3,(H,27,28);1-2H3. The molecular weight excluding hydrogens is 392 g/mol. The number of likely N-dealkylation sites (N-methyl/N-ethyl adjacent to an activating group) is 1. The van der Waals surface area contributed by atoms with Crippen LogP contribution in [0.25, 0.3) is 10.9 Å². The predicted octanol–water partition coefficient (Wildman–Crippen LogP) is 4.09. The zero-order valence-corrected chi connectivity index (χ0v) is 19.0. The fourth-order valence-electron chi connectivity index (χ4n) is 4.18. The summed E-state index contributed by atoms with van der Waals surface area (Å²) in [6.07, 6.45) is 3.66.